The zero-order valence-electron chi connectivity index (χ0n) is 10.6. The Kier molecular flexibility index (Phi) is 4.30. The summed E-state index contributed by atoms with van der Waals surface area (Å²) in [5, 5.41) is 9.53. The van der Waals surface area contributed by atoms with E-state index < -0.39 is 11.6 Å². The standard InChI is InChI=1S/C14H19F2NO/c1-17-6-4-10(5-7-17)12(9-18)11-2-3-13(15)14(16)8-11/h2-3,8,10,12,18H,4-7,9H2,1H3. The Morgan fingerprint density at radius 3 is 2.50 bits per heavy atom. The lowest BCUT2D eigenvalue weighted by atomic mass is 9.80. The van der Waals surface area contributed by atoms with Crippen molar-refractivity contribution in [2.24, 2.45) is 5.92 Å². The molecule has 0 aliphatic carbocycles. The molecular weight excluding hydrogens is 236 g/mol. The first-order valence-corrected chi connectivity index (χ1v) is 6.36. The van der Waals surface area contributed by atoms with Gasteiger partial charge < -0.3 is 10.0 Å². The summed E-state index contributed by atoms with van der Waals surface area (Å²) in [4.78, 5) is 2.25. The highest BCUT2D eigenvalue weighted by Gasteiger charge is 2.26. The fraction of sp³-hybridized carbons (Fsp3) is 0.571. The second-order valence-corrected chi connectivity index (χ2v) is 5.10. The number of rotatable bonds is 3. The Labute approximate surface area is 106 Å². The van der Waals surface area contributed by atoms with E-state index >= 15 is 0 Å². The molecule has 0 aromatic heterocycles. The van der Waals surface area contributed by atoms with Gasteiger partial charge in [-0.3, -0.25) is 0 Å². The Morgan fingerprint density at radius 1 is 1.28 bits per heavy atom. The third-order valence-electron chi connectivity index (χ3n) is 3.90. The van der Waals surface area contributed by atoms with Crippen LogP contribution < -0.4 is 0 Å². The molecule has 1 unspecified atom stereocenters. The molecule has 0 amide bonds. The van der Waals surface area contributed by atoms with Crippen LogP contribution in [0, 0.1) is 17.6 Å². The molecule has 1 saturated heterocycles. The van der Waals surface area contributed by atoms with Crippen molar-refractivity contribution < 1.29 is 13.9 Å². The van der Waals surface area contributed by atoms with Gasteiger partial charge in [0.05, 0.1) is 6.61 Å². The topological polar surface area (TPSA) is 23.5 Å². The molecule has 0 spiro atoms. The van der Waals surface area contributed by atoms with Crippen molar-refractivity contribution in [1.29, 1.82) is 0 Å². The van der Waals surface area contributed by atoms with Crippen molar-refractivity contribution >= 4 is 0 Å². The molecule has 2 rings (SSSR count). The first kappa shape index (κ1) is 13.4. The summed E-state index contributed by atoms with van der Waals surface area (Å²) < 4.78 is 26.2. The zero-order chi connectivity index (χ0) is 13.1. The quantitative estimate of drug-likeness (QED) is 0.896. The van der Waals surface area contributed by atoms with Gasteiger partial charge in [-0.05, 0) is 56.6 Å². The number of aliphatic hydroxyl groups excluding tert-OH is 1. The SMILES string of the molecule is CN1CCC(C(CO)c2ccc(F)c(F)c2)CC1. The molecule has 2 nitrogen and oxygen atoms in total. The van der Waals surface area contributed by atoms with Gasteiger partial charge in [0.2, 0.25) is 0 Å². The molecule has 1 fully saturated rings. The van der Waals surface area contributed by atoms with Crippen LogP contribution in [0.25, 0.3) is 0 Å². The summed E-state index contributed by atoms with van der Waals surface area (Å²) >= 11 is 0. The number of nitrogens with zero attached hydrogens (tertiary/aromatic N) is 1. The molecule has 1 aliphatic heterocycles. The predicted octanol–water partition coefficient (Wildman–Crippen LogP) is 2.38. The van der Waals surface area contributed by atoms with Gasteiger partial charge >= 0.3 is 0 Å². The van der Waals surface area contributed by atoms with Gasteiger partial charge in [0.15, 0.2) is 11.6 Å². The summed E-state index contributed by atoms with van der Waals surface area (Å²) in [5.74, 6) is -1.41. The molecule has 18 heavy (non-hydrogen) atoms. The van der Waals surface area contributed by atoms with Gasteiger partial charge in [0, 0.05) is 5.92 Å². The lowest BCUT2D eigenvalue weighted by Crippen LogP contribution is -2.33. The molecular formula is C14H19F2NO. The van der Waals surface area contributed by atoms with E-state index in [2.05, 4.69) is 11.9 Å². The maximum absolute atomic E-state index is 13.2. The van der Waals surface area contributed by atoms with E-state index in [-0.39, 0.29) is 12.5 Å². The van der Waals surface area contributed by atoms with Gasteiger partial charge in [-0.25, -0.2) is 8.78 Å². The van der Waals surface area contributed by atoms with Crippen LogP contribution in [-0.2, 0) is 0 Å². The number of halogens is 2. The summed E-state index contributed by atoms with van der Waals surface area (Å²) in [6, 6.07) is 3.94. The first-order chi connectivity index (χ1) is 8.61. The van der Waals surface area contributed by atoms with Gasteiger partial charge in [-0.2, -0.15) is 0 Å². The maximum Gasteiger partial charge on any atom is 0.159 e. The monoisotopic (exact) mass is 255 g/mol. The van der Waals surface area contributed by atoms with E-state index in [0.29, 0.717) is 11.5 Å². The molecule has 0 bridgehead atoms. The molecule has 1 heterocycles. The fourth-order valence-electron chi connectivity index (χ4n) is 2.70. The molecule has 1 aromatic carbocycles. The highest BCUT2D eigenvalue weighted by atomic mass is 19.2. The first-order valence-electron chi connectivity index (χ1n) is 6.36. The van der Waals surface area contributed by atoms with Crippen LogP contribution >= 0.6 is 0 Å². The number of benzene rings is 1. The zero-order valence-corrected chi connectivity index (χ0v) is 10.6. The van der Waals surface area contributed by atoms with Gasteiger partial charge in [0.1, 0.15) is 0 Å². The average molecular weight is 255 g/mol. The van der Waals surface area contributed by atoms with E-state index in [1.807, 2.05) is 0 Å². The van der Waals surface area contributed by atoms with Gasteiger partial charge in [-0.1, -0.05) is 6.07 Å². The minimum atomic E-state index is -0.834. The second kappa shape index (κ2) is 5.76. The van der Waals surface area contributed by atoms with Crippen molar-refractivity contribution in [3.63, 3.8) is 0 Å². The van der Waals surface area contributed by atoms with Crippen LogP contribution in [-0.4, -0.2) is 36.8 Å². The van der Waals surface area contributed by atoms with Crippen LogP contribution in [0.5, 0.6) is 0 Å². The van der Waals surface area contributed by atoms with Crippen molar-refractivity contribution in [3.8, 4) is 0 Å². The van der Waals surface area contributed by atoms with E-state index in [9.17, 15) is 13.9 Å². The maximum atomic E-state index is 13.2. The molecule has 100 valence electrons. The lowest BCUT2D eigenvalue weighted by molar-refractivity contribution is 0.156. The molecule has 4 heteroatoms. The van der Waals surface area contributed by atoms with E-state index in [0.717, 1.165) is 32.0 Å². The smallest absolute Gasteiger partial charge is 0.159 e. The highest BCUT2D eigenvalue weighted by molar-refractivity contribution is 5.23. The fourth-order valence-corrected chi connectivity index (χ4v) is 2.70. The Bertz CT molecular complexity index is 403. The molecule has 1 N–H and O–H groups in total. The van der Waals surface area contributed by atoms with Crippen molar-refractivity contribution in [2.45, 2.75) is 18.8 Å². The number of likely N-dealkylation sites (tertiary alicyclic amines) is 1. The third-order valence-corrected chi connectivity index (χ3v) is 3.90. The highest BCUT2D eigenvalue weighted by Crippen LogP contribution is 2.32. The summed E-state index contributed by atoms with van der Waals surface area (Å²) in [5.41, 5.74) is 0.700. The minimum absolute atomic E-state index is 0.0144. The third kappa shape index (κ3) is 2.87. The van der Waals surface area contributed by atoms with Crippen molar-refractivity contribution in [3.05, 3.63) is 35.4 Å². The number of aliphatic hydroxyl groups is 1. The lowest BCUT2D eigenvalue weighted by Gasteiger charge is -2.33. The largest absolute Gasteiger partial charge is 0.396 e. The molecule has 0 radical (unpaired) electrons. The Hall–Kier alpha value is -1.00. The Balaban J connectivity index is 2.14. The summed E-state index contributed by atoms with van der Waals surface area (Å²) in [7, 11) is 2.07. The number of piperidine rings is 1. The predicted molar refractivity (Wildman–Crippen MR) is 66.4 cm³/mol. The van der Waals surface area contributed by atoms with Crippen molar-refractivity contribution in [2.75, 3.05) is 26.7 Å². The number of hydrogen-bond donors (Lipinski definition) is 1. The minimum Gasteiger partial charge on any atom is -0.396 e. The van der Waals surface area contributed by atoms with E-state index in [1.54, 1.807) is 6.07 Å². The van der Waals surface area contributed by atoms with Crippen LogP contribution in [0.15, 0.2) is 18.2 Å². The van der Waals surface area contributed by atoms with Crippen LogP contribution in [0.3, 0.4) is 0 Å². The van der Waals surface area contributed by atoms with Crippen LogP contribution in [0.2, 0.25) is 0 Å². The summed E-state index contributed by atoms with van der Waals surface area (Å²) in [6.45, 7) is 1.97. The molecule has 1 aromatic rings. The molecule has 1 atom stereocenters. The molecule has 1 aliphatic rings. The van der Waals surface area contributed by atoms with E-state index in [4.69, 9.17) is 0 Å². The molecule has 0 saturated carbocycles. The Morgan fingerprint density at radius 2 is 1.94 bits per heavy atom. The van der Waals surface area contributed by atoms with Crippen LogP contribution in [0.1, 0.15) is 24.3 Å². The normalized spacial score (nSPS) is 20.0. The second-order valence-electron chi connectivity index (χ2n) is 5.10. The van der Waals surface area contributed by atoms with Gasteiger partial charge in [0.25, 0.3) is 0 Å². The average Bonchev–Trinajstić information content (AvgIpc) is 2.37. The van der Waals surface area contributed by atoms with Crippen molar-refractivity contribution in [1.82, 2.24) is 4.90 Å². The van der Waals surface area contributed by atoms with E-state index in [1.165, 1.54) is 6.07 Å². The van der Waals surface area contributed by atoms with Crippen LogP contribution in [0.4, 0.5) is 8.78 Å². The number of hydrogen-bond acceptors (Lipinski definition) is 2. The summed E-state index contributed by atoms with van der Waals surface area (Å²) in [6.07, 6.45) is 1.97. The van der Waals surface area contributed by atoms with Gasteiger partial charge in [-0.15, -0.1) is 0 Å².